The molecule has 2 aromatic heterocycles. The molecule has 18 heteroatoms. The zero-order chi connectivity index (χ0) is 45.7. The molecule has 4 aliphatic rings. The molecule has 2 saturated carbocycles. The van der Waals surface area contributed by atoms with Crippen molar-refractivity contribution < 1.29 is 41.2 Å². The molecule has 0 spiro atoms. The van der Waals surface area contributed by atoms with Crippen molar-refractivity contribution in [3.05, 3.63) is 115 Å². The predicted molar refractivity (Wildman–Crippen MR) is 251 cm³/mol. The molecule has 5 aromatic rings. The van der Waals surface area contributed by atoms with Crippen LogP contribution in [0.5, 0.6) is 17.4 Å². The van der Waals surface area contributed by atoms with E-state index in [1.165, 1.54) is 16.2 Å². The molecule has 3 aromatic carbocycles. The molecule has 9 rings (SSSR count). The summed E-state index contributed by atoms with van der Waals surface area (Å²) < 4.78 is 63.4. The predicted octanol–water partition coefficient (Wildman–Crippen LogP) is 7.96. The Morgan fingerprint density at radius 3 is 2.20 bits per heavy atom. The summed E-state index contributed by atoms with van der Waals surface area (Å²) in [6.45, 7) is -0.0601. The average Bonchev–Trinajstić information content (AvgIpc) is 3.79. The first kappa shape index (κ1) is 45.5. The minimum Gasteiger partial charge on any atom is -0.471 e. The van der Waals surface area contributed by atoms with Crippen LogP contribution in [0.15, 0.2) is 115 Å². The quantitative estimate of drug-likeness (QED) is 0.0766. The van der Waals surface area contributed by atoms with E-state index in [1.54, 1.807) is 60.7 Å². The fourth-order valence-electron chi connectivity index (χ4n) is 9.20. The first-order valence-corrected chi connectivity index (χ1v) is 26.7. The van der Waals surface area contributed by atoms with Crippen LogP contribution in [0, 0.1) is 11.8 Å². The highest BCUT2D eigenvalue weighted by Crippen LogP contribution is 2.50. The van der Waals surface area contributed by atoms with Gasteiger partial charge in [0.15, 0.2) is 0 Å². The number of ether oxygens (including phenoxy) is 1. The van der Waals surface area contributed by atoms with Gasteiger partial charge in [0.25, 0.3) is 5.91 Å². The number of sulfonamides is 1. The Morgan fingerprint density at radius 1 is 0.848 bits per heavy atom. The largest absolute Gasteiger partial charge is 0.543 e. The number of hydrogen-bond donors (Lipinski definition) is 3. The Labute approximate surface area is 388 Å². The number of fused-ring (bicyclic) bond motifs is 3. The van der Waals surface area contributed by atoms with E-state index in [4.69, 9.17) is 23.8 Å². The van der Waals surface area contributed by atoms with Crippen molar-refractivity contribution in [3.63, 3.8) is 0 Å². The van der Waals surface area contributed by atoms with Crippen LogP contribution in [-0.2, 0) is 29.0 Å². The molecule has 1 saturated heterocycles. The molecule has 3 N–H and O–H groups in total. The SMILES string of the molecule is O=C1N[C@]2(C(=O)NP(=O)(Oc3ccccc3)Oc3ccccc3)CC2/C=C\CCCCC[C@H](CS(=O)(=O)NC2CCCC2)C(=O)N2C[C@H](Oc3nc4ccccc4nc3-c3cccs3)C[C@@H]12. The summed E-state index contributed by atoms with van der Waals surface area (Å²) in [4.78, 5) is 56.6. The second-order valence-electron chi connectivity index (χ2n) is 17.5. The molecule has 3 amide bonds. The average molecular weight is 953 g/mol. The molecule has 0 radical (unpaired) electrons. The van der Waals surface area contributed by atoms with Crippen LogP contribution in [0.2, 0.25) is 0 Å². The van der Waals surface area contributed by atoms with Crippen LogP contribution in [0.3, 0.4) is 0 Å². The van der Waals surface area contributed by atoms with Crippen LogP contribution < -0.4 is 28.9 Å². The van der Waals surface area contributed by atoms with Gasteiger partial charge in [-0.15, -0.1) is 11.3 Å². The number of amides is 3. The monoisotopic (exact) mass is 952 g/mol. The van der Waals surface area contributed by atoms with Crippen molar-refractivity contribution in [2.24, 2.45) is 11.8 Å². The number of aromatic nitrogens is 2. The summed E-state index contributed by atoms with van der Waals surface area (Å²) in [5.41, 5.74) is 0.178. The van der Waals surface area contributed by atoms with Crippen LogP contribution >= 0.6 is 19.1 Å². The van der Waals surface area contributed by atoms with Crippen molar-refractivity contribution in [1.82, 2.24) is 30.0 Å². The lowest BCUT2D eigenvalue weighted by atomic mass is 10.00. The van der Waals surface area contributed by atoms with Gasteiger partial charge in [-0.1, -0.05) is 92.4 Å². The highest BCUT2D eigenvalue weighted by Gasteiger charge is 2.62. The third-order valence-corrected chi connectivity index (χ3v) is 16.4. The molecular weight excluding hydrogens is 900 g/mol. The minimum absolute atomic E-state index is 0.000684. The Hall–Kier alpha value is -5.61. The van der Waals surface area contributed by atoms with E-state index >= 15 is 4.79 Å². The van der Waals surface area contributed by atoms with Gasteiger partial charge in [0.1, 0.15) is 34.9 Å². The van der Waals surface area contributed by atoms with Gasteiger partial charge in [0.2, 0.25) is 27.7 Å². The van der Waals surface area contributed by atoms with Crippen molar-refractivity contribution >= 4 is 57.9 Å². The summed E-state index contributed by atoms with van der Waals surface area (Å²) >= 11 is 1.47. The summed E-state index contributed by atoms with van der Waals surface area (Å²) in [5.74, 6) is -3.20. The molecule has 0 bridgehead atoms. The topological polar surface area (TPSA) is 195 Å². The summed E-state index contributed by atoms with van der Waals surface area (Å²) in [5, 5.41) is 7.46. The Bertz CT molecular complexity index is 2680. The Morgan fingerprint density at radius 2 is 1.52 bits per heavy atom. The highest BCUT2D eigenvalue weighted by molar-refractivity contribution is 7.89. The van der Waals surface area contributed by atoms with Crippen LogP contribution in [0.1, 0.15) is 70.6 Å². The van der Waals surface area contributed by atoms with Gasteiger partial charge >= 0.3 is 7.75 Å². The molecule has 1 unspecified atom stereocenters. The zero-order valence-corrected chi connectivity index (χ0v) is 38.9. The summed E-state index contributed by atoms with van der Waals surface area (Å²) in [6.07, 6.45) is 9.65. The number of thiophene rings is 1. The van der Waals surface area contributed by atoms with E-state index in [0.717, 1.165) is 43.4 Å². The highest BCUT2D eigenvalue weighted by atomic mass is 32.2. The molecule has 2 aliphatic heterocycles. The van der Waals surface area contributed by atoms with Gasteiger partial charge in [-0.05, 0) is 86.4 Å². The number of carbonyl (C=O) groups is 3. The fourth-order valence-corrected chi connectivity index (χ4v) is 13.0. The molecule has 2 aliphatic carbocycles. The standard InChI is InChI=1S/C48H53N6O9PS2/c55-44-41-29-38(61-45-43(42-27-16-28-65-42)49-39-25-14-15-26-40(39)50-45)31-54(41)46(56)33(32-66(59,60)53-35-19-12-13-20-35)17-6-2-1-3-7-18-34-30-48(34,51-44)47(57)52-64(58,62-36-21-8-4-9-22-36)63-37-23-10-5-11-24-37/h4-5,7-11,14-16,18,21-28,33-35,38,41,53H,1-3,6,12-13,17,19-20,29-32H2,(H,51,55)(H,52,57,58)/b18-7-/t33-,34?,38-,41+,48-/m1/s1. The van der Waals surface area contributed by atoms with Gasteiger partial charge in [-0.25, -0.2) is 32.8 Å². The van der Waals surface area contributed by atoms with Gasteiger partial charge in [-0.3, -0.25) is 14.4 Å². The van der Waals surface area contributed by atoms with E-state index < -0.39 is 70.8 Å². The molecular formula is C48H53N6O9PS2. The molecule has 346 valence electrons. The normalized spacial score (nSPS) is 24.6. The number of nitrogens with zero attached hydrogens (tertiary/aromatic N) is 3. The van der Waals surface area contributed by atoms with E-state index in [0.29, 0.717) is 36.0 Å². The second kappa shape index (κ2) is 19.7. The van der Waals surface area contributed by atoms with Gasteiger partial charge in [0, 0.05) is 18.4 Å². The lowest BCUT2D eigenvalue weighted by Crippen LogP contribution is -2.56. The third-order valence-electron chi connectivity index (χ3n) is 12.6. The number of allylic oxidation sites excluding steroid dienone is 1. The molecule has 66 heavy (non-hydrogen) atoms. The molecule has 5 atom stereocenters. The number of carbonyl (C=O) groups excluding carboxylic acids is 3. The third kappa shape index (κ3) is 10.6. The smallest absolute Gasteiger partial charge is 0.471 e. The van der Waals surface area contributed by atoms with Crippen LogP contribution in [0.4, 0.5) is 0 Å². The maximum Gasteiger partial charge on any atom is 0.543 e. The molecule has 4 heterocycles. The second-order valence-corrected chi connectivity index (χ2v) is 21.8. The Kier molecular flexibility index (Phi) is 13.6. The van der Waals surface area contributed by atoms with Crippen LogP contribution in [-0.4, -0.2) is 77.0 Å². The van der Waals surface area contributed by atoms with Crippen molar-refractivity contribution in [1.29, 1.82) is 0 Å². The number of benzene rings is 3. The van der Waals surface area contributed by atoms with E-state index in [9.17, 15) is 22.6 Å². The molecule has 15 nitrogen and oxygen atoms in total. The number of rotatable bonds is 13. The maximum atomic E-state index is 15.0. The minimum atomic E-state index is -4.50. The van der Waals surface area contributed by atoms with E-state index in [-0.39, 0.29) is 42.8 Å². The molecule has 3 fully saturated rings. The summed E-state index contributed by atoms with van der Waals surface area (Å²) in [6, 6.07) is 26.5. The lowest BCUT2D eigenvalue weighted by molar-refractivity contribution is -0.142. The fraction of sp³-hybridized carbons (Fsp3) is 0.396. The van der Waals surface area contributed by atoms with Crippen molar-refractivity contribution in [3.8, 4) is 28.0 Å². The van der Waals surface area contributed by atoms with Crippen molar-refractivity contribution in [2.75, 3.05) is 12.3 Å². The first-order valence-electron chi connectivity index (χ1n) is 22.6. The number of hydrogen-bond acceptors (Lipinski definition) is 12. The van der Waals surface area contributed by atoms with Gasteiger partial charge < -0.3 is 24.0 Å². The van der Waals surface area contributed by atoms with Crippen LogP contribution in [0.25, 0.3) is 21.6 Å². The van der Waals surface area contributed by atoms with E-state index in [2.05, 4.69) is 15.1 Å². The van der Waals surface area contributed by atoms with E-state index in [1.807, 2.05) is 53.9 Å². The zero-order valence-electron chi connectivity index (χ0n) is 36.3. The first-order chi connectivity index (χ1) is 32.0. The maximum absolute atomic E-state index is 15.0. The van der Waals surface area contributed by atoms with Crippen molar-refractivity contribution in [2.45, 2.75) is 94.4 Å². The summed E-state index contributed by atoms with van der Waals surface area (Å²) in [7, 11) is -8.38. The Balaban J connectivity index is 1.04. The van der Waals surface area contributed by atoms with Gasteiger partial charge in [0.05, 0.1) is 34.1 Å². The lowest BCUT2D eigenvalue weighted by Gasteiger charge is -2.30. The number of para-hydroxylation sites is 4. The van der Waals surface area contributed by atoms with Gasteiger partial charge in [-0.2, -0.15) is 0 Å². The number of nitrogens with one attached hydrogen (secondary N) is 3.